The van der Waals surface area contributed by atoms with Crippen LogP contribution in [0, 0.1) is 5.41 Å². The molecule has 3 N–H and O–H groups in total. The molecule has 0 aromatic heterocycles. The number of nitrogens with two attached hydrogens (primary N) is 1. The summed E-state index contributed by atoms with van der Waals surface area (Å²) in [4.78, 5) is 11.6. The molecule has 3 atom stereocenters. The van der Waals surface area contributed by atoms with Gasteiger partial charge in [-0.2, -0.15) is 0 Å². The summed E-state index contributed by atoms with van der Waals surface area (Å²) in [5, 5.41) is 8.53. The number of carboxylic acids is 1. The van der Waals surface area contributed by atoms with E-state index in [1.807, 2.05) is 0 Å². The molecule has 0 spiro atoms. The zero-order valence-electron chi connectivity index (χ0n) is 11.9. The number of hydrogen-bond acceptors (Lipinski definition) is 5. The summed E-state index contributed by atoms with van der Waals surface area (Å²) < 4.78 is 29.5. The lowest BCUT2D eigenvalue weighted by molar-refractivity contribution is -0.143. The number of ether oxygens (including phenoxy) is 1. The standard InChI is InChI=1S/C14H19NO5S/c1-3-21(18,19)12-11(14(12,8-15)13(16)17)9-4-6-10(20-2)7-5-9/h4-7,11-12H,3,8,15H2,1-2H3,(H,16,17)/t11-,12+,14+/m0/s1. The average molecular weight is 313 g/mol. The van der Waals surface area contributed by atoms with Crippen LogP contribution in [0.3, 0.4) is 0 Å². The van der Waals surface area contributed by atoms with Crippen LogP contribution in [-0.4, -0.2) is 44.2 Å². The fourth-order valence-electron chi connectivity index (χ4n) is 2.98. The summed E-state index contributed by atoms with van der Waals surface area (Å²) in [6.07, 6.45) is 0. The number of carboxylic acid groups (broad SMARTS) is 1. The van der Waals surface area contributed by atoms with Crippen molar-refractivity contribution in [2.24, 2.45) is 11.1 Å². The first-order valence-corrected chi connectivity index (χ1v) is 8.35. The van der Waals surface area contributed by atoms with Crippen molar-refractivity contribution in [3.63, 3.8) is 0 Å². The van der Waals surface area contributed by atoms with Crippen LogP contribution in [0.15, 0.2) is 24.3 Å². The average Bonchev–Trinajstić information content (AvgIpc) is 3.19. The minimum Gasteiger partial charge on any atom is -0.497 e. The molecule has 0 amide bonds. The molecule has 2 rings (SSSR count). The molecule has 1 saturated carbocycles. The highest BCUT2D eigenvalue weighted by Crippen LogP contribution is 2.62. The normalized spacial score (nSPS) is 28.1. The lowest BCUT2D eigenvalue weighted by Crippen LogP contribution is -2.32. The van der Waals surface area contributed by atoms with E-state index in [4.69, 9.17) is 10.5 Å². The molecule has 1 aromatic rings. The Bertz CT molecular complexity index is 640. The van der Waals surface area contributed by atoms with Crippen molar-refractivity contribution in [2.75, 3.05) is 19.4 Å². The fourth-order valence-corrected chi connectivity index (χ4v) is 5.06. The molecule has 7 heteroatoms. The van der Waals surface area contributed by atoms with E-state index < -0.39 is 32.4 Å². The van der Waals surface area contributed by atoms with Gasteiger partial charge in [0, 0.05) is 18.2 Å². The molecule has 116 valence electrons. The van der Waals surface area contributed by atoms with Gasteiger partial charge in [-0.3, -0.25) is 4.79 Å². The SMILES string of the molecule is CCS(=O)(=O)[C@@H]1[C@H](c2ccc(OC)cc2)[C@@]1(CN)C(=O)O. The molecule has 1 fully saturated rings. The maximum atomic E-state index is 12.2. The van der Waals surface area contributed by atoms with E-state index in [-0.39, 0.29) is 12.3 Å². The summed E-state index contributed by atoms with van der Waals surface area (Å²) in [7, 11) is -1.97. The Hall–Kier alpha value is -1.60. The first kappa shape index (κ1) is 15.8. The quantitative estimate of drug-likeness (QED) is 0.797. The number of hydrogen-bond donors (Lipinski definition) is 2. The molecular weight excluding hydrogens is 294 g/mol. The highest BCUT2D eigenvalue weighted by atomic mass is 32.2. The molecule has 1 aromatic carbocycles. The van der Waals surface area contributed by atoms with Crippen LogP contribution in [0.1, 0.15) is 18.4 Å². The summed E-state index contributed by atoms with van der Waals surface area (Å²) >= 11 is 0. The minimum atomic E-state index is -3.49. The second-order valence-electron chi connectivity index (χ2n) is 5.17. The molecule has 6 nitrogen and oxygen atoms in total. The second-order valence-corrected chi connectivity index (χ2v) is 7.58. The van der Waals surface area contributed by atoms with Gasteiger partial charge in [0.25, 0.3) is 0 Å². The Morgan fingerprint density at radius 1 is 1.38 bits per heavy atom. The molecule has 0 radical (unpaired) electrons. The molecule has 1 aliphatic rings. The van der Waals surface area contributed by atoms with E-state index in [0.29, 0.717) is 11.3 Å². The van der Waals surface area contributed by atoms with E-state index >= 15 is 0 Å². The van der Waals surface area contributed by atoms with Crippen molar-refractivity contribution in [2.45, 2.75) is 18.1 Å². The minimum absolute atomic E-state index is 0.0979. The van der Waals surface area contributed by atoms with Gasteiger partial charge in [0.2, 0.25) is 0 Å². The van der Waals surface area contributed by atoms with Gasteiger partial charge in [0.1, 0.15) is 11.2 Å². The summed E-state index contributed by atoms with van der Waals surface area (Å²) in [6.45, 7) is 1.31. The molecule has 0 heterocycles. The smallest absolute Gasteiger partial charge is 0.312 e. The van der Waals surface area contributed by atoms with Crippen LogP contribution >= 0.6 is 0 Å². The van der Waals surface area contributed by atoms with Gasteiger partial charge in [0.05, 0.1) is 12.4 Å². The van der Waals surface area contributed by atoms with E-state index in [0.717, 1.165) is 0 Å². The monoisotopic (exact) mass is 313 g/mol. The largest absolute Gasteiger partial charge is 0.497 e. The van der Waals surface area contributed by atoms with Crippen LogP contribution in [0.4, 0.5) is 0 Å². The predicted molar refractivity (Wildman–Crippen MR) is 78.1 cm³/mol. The van der Waals surface area contributed by atoms with E-state index in [1.54, 1.807) is 24.3 Å². The lowest BCUT2D eigenvalue weighted by Gasteiger charge is -2.09. The first-order chi connectivity index (χ1) is 9.85. The van der Waals surface area contributed by atoms with Crippen LogP contribution in [0.25, 0.3) is 0 Å². The highest BCUT2D eigenvalue weighted by molar-refractivity contribution is 7.92. The maximum Gasteiger partial charge on any atom is 0.312 e. The molecule has 21 heavy (non-hydrogen) atoms. The number of sulfone groups is 1. The van der Waals surface area contributed by atoms with Gasteiger partial charge < -0.3 is 15.6 Å². The van der Waals surface area contributed by atoms with Gasteiger partial charge in [-0.05, 0) is 17.7 Å². The molecule has 0 bridgehead atoms. The van der Waals surface area contributed by atoms with Crippen LogP contribution in [-0.2, 0) is 14.6 Å². The van der Waals surface area contributed by atoms with Crippen molar-refractivity contribution in [3.05, 3.63) is 29.8 Å². The fraction of sp³-hybridized carbons (Fsp3) is 0.500. The van der Waals surface area contributed by atoms with Gasteiger partial charge in [-0.1, -0.05) is 19.1 Å². The molecular formula is C14H19NO5S. The third kappa shape index (κ3) is 2.30. The van der Waals surface area contributed by atoms with E-state index in [9.17, 15) is 18.3 Å². The number of aliphatic carboxylic acids is 1. The second kappa shape index (κ2) is 5.31. The van der Waals surface area contributed by atoms with Crippen molar-refractivity contribution in [1.29, 1.82) is 0 Å². The maximum absolute atomic E-state index is 12.2. The van der Waals surface area contributed by atoms with Gasteiger partial charge in [-0.15, -0.1) is 0 Å². The zero-order valence-corrected chi connectivity index (χ0v) is 12.8. The third-order valence-corrected chi connectivity index (χ3v) is 6.53. The molecule has 0 aliphatic heterocycles. The Balaban J connectivity index is 2.47. The van der Waals surface area contributed by atoms with Crippen LogP contribution < -0.4 is 10.5 Å². The number of carbonyl (C=O) groups is 1. The molecule has 1 aliphatic carbocycles. The zero-order chi connectivity index (χ0) is 15.8. The lowest BCUT2D eigenvalue weighted by atomic mass is 9.99. The molecule has 0 unspecified atom stereocenters. The summed E-state index contributed by atoms with van der Waals surface area (Å²) in [5.74, 6) is -1.24. The summed E-state index contributed by atoms with van der Waals surface area (Å²) in [5.41, 5.74) is 4.86. The Kier molecular flexibility index (Phi) is 3.99. The van der Waals surface area contributed by atoms with Gasteiger partial charge >= 0.3 is 5.97 Å². The Labute approximate surface area is 123 Å². The number of methoxy groups -OCH3 is 1. The topological polar surface area (TPSA) is 107 Å². The van der Waals surface area contributed by atoms with Crippen LogP contribution in [0.5, 0.6) is 5.75 Å². The van der Waals surface area contributed by atoms with Crippen LogP contribution in [0.2, 0.25) is 0 Å². The summed E-state index contributed by atoms with van der Waals surface area (Å²) in [6, 6.07) is 6.77. The molecule has 0 saturated heterocycles. The van der Waals surface area contributed by atoms with E-state index in [2.05, 4.69) is 0 Å². The van der Waals surface area contributed by atoms with E-state index in [1.165, 1.54) is 14.0 Å². The number of benzene rings is 1. The van der Waals surface area contributed by atoms with Gasteiger partial charge in [0.15, 0.2) is 9.84 Å². The predicted octanol–water partition coefficient (Wildman–Crippen LogP) is 0.625. The Morgan fingerprint density at radius 3 is 2.33 bits per heavy atom. The van der Waals surface area contributed by atoms with Crippen molar-refractivity contribution >= 4 is 15.8 Å². The Morgan fingerprint density at radius 2 is 1.95 bits per heavy atom. The van der Waals surface area contributed by atoms with Crippen molar-refractivity contribution in [1.82, 2.24) is 0 Å². The van der Waals surface area contributed by atoms with Crippen molar-refractivity contribution < 1.29 is 23.1 Å². The first-order valence-electron chi connectivity index (χ1n) is 6.64. The number of rotatable bonds is 6. The third-order valence-electron chi connectivity index (χ3n) is 4.26. The highest BCUT2D eigenvalue weighted by Gasteiger charge is 2.74. The van der Waals surface area contributed by atoms with Crippen molar-refractivity contribution in [3.8, 4) is 5.75 Å². The van der Waals surface area contributed by atoms with Gasteiger partial charge in [-0.25, -0.2) is 8.42 Å².